The predicted octanol–water partition coefficient (Wildman–Crippen LogP) is 2.71. The van der Waals surface area contributed by atoms with E-state index < -0.39 is 0 Å². The molecule has 0 bridgehead atoms. The number of methoxy groups -OCH3 is 1. The normalized spacial score (nSPS) is 26.4. The topological polar surface area (TPSA) is 47.6 Å². The second-order valence-corrected chi connectivity index (χ2v) is 5.15. The van der Waals surface area contributed by atoms with Crippen LogP contribution in [0.2, 0.25) is 0 Å². The lowest BCUT2D eigenvalue weighted by molar-refractivity contribution is -0.145. The molecule has 0 radical (unpaired) electrons. The molecule has 2 aliphatic rings. The Labute approximate surface area is 118 Å². The van der Waals surface area contributed by atoms with E-state index >= 15 is 0 Å². The first-order chi connectivity index (χ1) is 9.76. The molecule has 3 unspecified atom stereocenters. The van der Waals surface area contributed by atoms with Gasteiger partial charge in [-0.2, -0.15) is 0 Å². The zero-order valence-corrected chi connectivity index (χ0v) is 11.8. The molecule has 4 heteroatoms. The number of nitrogens with one attached hydrogen (secondary N) is 1. The van der Waals surface area contributed by atoms with Crippen molar-refractivity contribution in [3.8, 4) is 5.75 Å². The van der Waals surface area contributed by atoms with Gasteiger partial charge in [-0.25, -0.2) is 4.79 Å². The number of rotatable bonds is 3. The number of allylic oxidation sites excluding steroid dienone is 2. The third-order valence-corrected chi connectivity index (χ3v) is 4.12. The summed E-state index contributed by atoms with van der Waals surface area (Å²) < 4.78 is 10.6. The number of carbonyl (C=O) groups is 1. The van der Waals surface area contributed by atoms with E-state index in [0.29, 0.717) is 6.61 Å². The molecule has 20 heavy (non-hydrogen) atoms. The maximum atomic E-state index is 12.2. The zero-order valence-electron chi connectivity index (χ0n) is 11.8. The van der Waals surface area contributed by atoms with Crippen molar-refractivity contribution in [2.75, 3.05) is 19.0 Å². The van der Waals surface area contributed by atoms with Crippen molar-refractivity contribution < 1.29 is 14.3 Å². The van der Waals surface area contributed by atoms with E-state index in [2.05, 4.69) is 23.5 Å². The van der Waals surface area contributed by atoms with Gasteiger partial charge in [0.25, 0.3) is 0 Å². The summed E-state index contributed by atoms with van der Waals surface area (Å²) in [6, 6.07) is 5.69. The van der Waals surface area contributed by atoms with Gasteiger partial charge in [0.1, 0.15) is 11.8 Å². The highest BCUT2D eigenvalue weighted by Crippen LogP contribution is 2.47. The van der Waals surface area contributed by atoms with Crippen molar-refractivity contribution in [3.63, 3.8) is 0 Å². The Hall–Kier alpha value is -1.97. The Morgan fingerprint density at radius 1 is 1.45 bits per heavy atom. The molecule has 4 nitrogen and oxygen atoms in total. The van der Waals surface area contributed by atoms with Crippen molar-refractivity contribution in [2.45, 2.75) is 25.3 Å². The van der Waals surface area contributed by atoms with Gasteiger partial charge < -0.3 is 14.8 Å². The maximum Gasteiger partial charge on any atom is 0.328 e. The lowest BCUT2D eigenvalue weighted by Crippen LogP contribution is -2.43. The van der Waals surface area contributed by atoms with Gasteiger partial charge in [-0.3, -0.25) is 0 Å². The fraction of sp³-hybridized carbons (Fsp3) is 0.438. The average molecular weight is 273 g/mol. The molecule has 106 valence electrons. The van der Waals surface area contributed by atoms with Crippen molar-refractivity contribution in [1.82, 2.24) is 0 Å². The van der Waals surface area contributed by atoms with E-state index in [1.807, 2.05) is 19.1 Å². The molecule has 3 atom stereocenters. The van der Waals surface area contributed by atoms with Gasteiger partial charge in [0.2, 0.25) is 0 Å². The number of hydrogen-bond donors (Lipinski definition) is 1. The number of ether oxygens (including phenoxy) is 2. The van der Waals surface area contributed by atoms with Gasteiger partial charge in [0.15, 0.2) is 0 Å². The van der Waals surface area contributed by atoms with E-state index in [4.69, 9.17) is 9.47 Å². The van der Waals surface area contributed by atoms with Crippen LogP contribution in [-0.4, -0.2) is 25.7 Å². The van der Waals surface area contributed by atoms with Crippen molar-refractivity contribution in [1.29, 1.82) is 0 Å². The van der Waals surface area contributed by atoms with E-state index in [0.717, 1.165) is 17.9 Å². The van der Waals surface area contributed by atoms with E-state index in [9.17, 15) is 4.79 Å². The standard InChI is InChI=1S/C16H19NO3/c1-3-20-16(18)15-12-7-4-6-10(12)11-8-5-9-13(19-2)14(11)17-15/h4-6,8-10,12,15,17H,3,7H2,1-2H3. The molecule has 1 N–H and O–H groups in total. The quantitative estimate of drug-likeness (QED) is 0.679. The van der Waals surface area contributed by atoms with Gasteiger partial charge in [0.05, 0.1) is 19.4 Å². The summed E-state index contributed by atoms with van der Waals surface area (Å²) in [5.41, 5.74) is 2.12. The highest BCUT2D eigenvalue weighted by Gasteiger charge is 2.42. The zero-order chi connectivity index (χ0) is 14.1. The molecule has 0 fully saturated rings. The van der Waals surface area contributed by atoms with Crippen LogP contribution in [0.5, 0.6) is 5.75 Å². The summed E-state index contributed by atoms with van der Waals surface area (Å²) in [6.45, 7) is 2.24. The maximum absolute atomic E-state index is 12.2. The first kappa shape index (κ1) is 13.0. The highest BCUT2D eigenvalue weighted by atomic mass is 16.5. The number of hydrogen-bond acceptors (Lipinski definition) is 4. The molecule has 0 aromatic heterocycles. The van der Waals surface area contributed by atoms with Gasteiger partial charge >= 0.3 is 5.97 Å². The molecule has 1 aliphatic heterocycles. The molecule has 0 saturated carbocycles. The Balaban J connectivity index is 2.01. The molecule has 1 heterocycles. The lowest BCUT2D eigenvalue weighted by Gasteiger charge is -2.36. The molecule has 0 amide bonds. The van der Waals surface area contributed by atoms with Crippen molar-refractivity contribution in [3.05, 3.63) is 35.9 Å². The Kier molecular flexibility index (Phi) is 3.38. The number of anilines is 1. The highest BCUT2D eigenvalue weighted by molar-refractivity contribution is 5.83. The van der Waals surface area contributed by atoms with Crippen LogP contribution in [0.4, 0.5) is 5.69 Å². The first-order valence-corrected chi connectivity index (χ1v) is 7.03. The Bertz CT molecular complexity index is 553. The van der Waals surface area contributed by atoms with Gasteiger partial charge in [0, 0.05) is 11.8 Å². The molecule has 0 saturated heterocycles. The Morgan fingerprint density at radius 3 is 3.05 bits per heavy atom. The smallest absolute Gasteiger partial charge is 0.328 e. The summed E-state index contributed by atoms with van der Waals surface area (Å²) in [4.78, 5) is 12.2. The van der Waals surface area contributed by atoms with Crippen LogP contribution >= 0.6 is 0 Å². The molecular formula is C16H19NO3. The average Bonchev–Trinajstić information content (AvgIpc) is 2.95. The third-order valence-electron chi connectivity index (χ3n) is 4.12. The van der Waals surface area contributed by atoms with Gasteiger partial charge in [-0.1, -0.05) is 24.3 Å². The SMILES string of the molecule is CCOC(=O)C1Nc2c(OC)cccc2C2C=CCC12. The number of carbonyl (C=O) groups excluding carboxylic acids is 1. The number of esters is 1. The number of para-hydroxylation sites is 1. The molecular weight excluding hydrogens is 254 g/mol. The summed E-state index contributed by atoms with van der Waals surface area (Å²) >= 11 is 0. The van der Waals surface area contributed by atoms with Crippen LogP contribution in [0, 0.1) is 5.92 Å². The molecule has 3 rings (SSSR count). The van der Waals surface area contributed by atoms with Crippen LogP contribution in [0.3, 0.4) is 0 Å². The summed E-state index contributed by atoms with van der Waals surface area (Å²) in [7, 11) is 1.65. The van der Waals surface area contributed by atoms with Crippen molar-refractivity contribution >= 4 is 11.7 Å². The van der Waals surface area contributed by atoms with Gasteiger partial charge in [-0.15, -0.1) is 0 Å². The first-order valence-electron chi connectivity index (χ1n) is 7.03. The molecule has 0 spiro atoms. The second-order valence-electron chi connectivity index (χ2n) is 5.15. The molecule has 1 aromatic carbocycles. The fourth-order valence-corrected chi connectivity index (χ4v) is 3.23. The van der Waals surface area contributed by atoms with Crippen LogP contribution in [0.25, 0.3) is 0 Å². The third kappa shape index (κ3) is 1.96. The van der Waals surface area contributed by atoms with E-state index in [1.165, 1.54) is 5.56 Å². The van der Waals surface area contributed by atoms with Gasteiger partial charge in [-0.05, 0) is 25.0 Å². The van der Waals surface area contributed by atoms with Crippen LogP contribution < -0.4 is 10.1 Å². The second kappa shape index (κ2) is 5.19. The summed E-state index contributed by atoms with van der Waals surface area (Å²) in [5.74, 6) is 1.09. The number of benzene rings is 1. The van der Waals surface area contributed by atoms with E-state index in [1.54, 1.807) is 7.11 Å². The summed E-state index contributed by atoms with van der Waals surface area (Å²) in [5, 5.41) is 3.33. The molecule has 1 aromatic rings. The summed E-state index contributed by atoms with van der Waals surface area (Å²) in [6.07, 6.45) is 5.24. The van der Waals surface area contributed by atoms with Crippen molar-refractivity contribution in [2.24, 2.45) is 5.92 Å². The minimum absolute atomic E-state index is 0.178. The minimum atomic E-state index is -0.307. The van der Waals surface area contributed by atoms with Crippen LogP contribution in [0.15, 0.2) is 30.4 Å². The lowest BCUT2D eigenvalue weighted by atomic mass is 9.79. The van der Waals surface area contributed by atoms with E-state index in [-0.39, 0.29) is 23.8 Å². The Morgan fingerprint density at radius 2 is 2.30 bits per heavy atom. The monoisotopic (exact) mass is 273 g/mol. The van der Waals surface area contributed by atoms with Crippen LogP contribution in [0.1, 0.15) is 24.8 Å². The molecule has 1 aliphatic carbocycles. The van der Waals surface area contributed by atoms with Crippen LogP contribution in [-0.2, 0) is 9.53 Å². The fourth-order valence-electron chi connectivity index (χ4n) is 3.23. The number of fused-ring (bicyclic) bond motifs is 3. The minimum Gasteiger partial charge on any atom is -0.495 e. The predicted molar refractivity (Wildman–Crippen MR) is 77.0 cm³/mol. The largest absolute Gasteiger partial charge is 0.495 e.